The number of esters is 3. The van der Waals surface area contributed by atoms with Crippen LogP contribution in [-0.2, 0) is 33.3 Å². The van der Waals surface area contributed by atoms with Crippen molar-refractivity contribution in [3.63, 3.8) is 0 Å². The summed E-state index contributed by atoms with van der Waals surface area (Å²) in [4.78, 5) is 37.4. The summed E-state index contributed by atoms with van der Waals surface area (Å²) >= 11 is 6.50. The molecule has 4 atom stereocenters. The fraction of sp³-hybridized carbons (Fsp3) is 0.880. The van der Waals surface area contributed by atoms with E-state index in [0.717, 1.165) is 6.42 Å². The SMILES string of the molecule is CSC(C)CCOCC(COC(=O)CC(C)SC)(COC(=O)CC(C)SC)COC(=O)CC(C)SC. The van der Waals surface area contributed by atoms with E-state index in [1.165, 1.54) is 0 Å². The van der Waals surface area contributed by atoms with Crippen molar-refractivity contribution in [2.75, 3.05) is 58.1 Å². The average Bonchev–Trinajstić information content (AvgIpc) is 2.86. The highest BCUT2D eigenvalue weighted by Crippen LogP contribution is 2.24. The van der Waals surface area contributed by atoms with Gasteiger partial charge in [0.2, 0.25) is 0 Å². The van der Waals surface area contributed by atoms with Gasteiger partial charge in [-0.1, -0.05) is 27.7 Å². The minimum atomic E-state index is -0.989. The van der Waals surface area contributed by atoms with E-state index in [1.54, 1.807) is 47.0 Å². The molecule has 0 aliphatic heterocycles. The van der Waals surface area contributed by atoms with Crippen LogP contribution in [0.25, 0.3) is 0 Å². The summed E-state index contributed by atoms with van der Waals surface area (Å²) in [7, 11) is 0. The molecule has 0 aliphatic rings. The van der Waals surface area contributed by atoms with E-state index in [9.17, 15) is 14.4 Å². The molecule has 0 heterocycles. The molecule has 0 radical (unpaired) electrons. The summed E-state index contributed by atoms with van der Waals surface area (Å²) in [6, 6.07) is 0. The molecule has 11 heteroatoms. The quantitative estimate of drug-likeness (QED) is 0.101. The van der Waals surface area contributed by atoms with Gasteiger partial charge in [-0.3, -0.25) is 14.4 Å². The number of thioether (sulfide) groups is 4. The topological polar surface area (TPSA) is 88.1 Å². The third kappa shape index (κ3) is 17.3. The van der Waals surface area contributed by atoms with Gasteiger partial charge in [-0.15, -0.1) is 0 Å². The fourth-order valence-corrected chi connectivity index (χ4v) is 3.98. The van der Waals surface area contributed by atoms with Gasteiger partial charge in [-0.25, -0.2) is 0 Å². The molecule has 0 rings (SSSR count). The summed E-state index contributed by atoms with van der Waals surface area (Å²) in [6.45, 7) is 8.42. The highest BCUT2D eigenvalue weighted by atomic mass is 32.2. The van der Waals surface area contributed by atoms with Crippen LogP contribution in [0.3, 0.4) is 0 Å². The lowest BCUT2D eigenvalue weighted by Crippen LogP contribution is -2.44. The third-order valence-corrected chi connectivity index (χ3v) is 9.62. The zero-order valence-corrected chi connectivity index (χ0v) is 26.4. The zero-order chi connectivity index (χ0) is 27.6. The predicted molar refractivity (Wildman–Crippen MR) is 157 cm³/mol. The first-order valence-electron chi connectivity index (χ1n) is 12.2. The molecule has 0 aromatic heterocycles. The number of carbonyl (C=O) groups excluding carboxylic acids is 3. The standard InChI is InChI=1S/C25H46O7S4/c1-18(33-5)9-10-29-14-25(15-30-22(26)11-19(2)34-6,16-31-23(27)12-20(3)35-7)17-32-24(28)13-21(4)36-8/h18-21H,9-17H2,1-8H3. The van der Waals surface area contributed by atoms with Gasteiger partial charge >= 0.3 is 17.9 Å². The summed E-state index contributed by atoms with van der Waals surface area (Å²) in [5.41, 5.74) is -0.989. The monoisotopic (exact) mass is 586 g/mol. The lowest BCUT2D eigenvalue weighted by atomic mass is 9.92. The fourth-order valence-electron chi connectivity index (χ4n) is 2.74. The van der Waals surface area contributed by atoms with Gasteiger partial charge in [-0.2, -0.15) is 47.0 Å². The minimum Gasteiger partial charge on any atom is -0.465 e. The van der Waals surface area contributed by atoms with Crippen molar-refractivity contribution >= 4 is 65.0 Å². The number of carbonyl (C=O) groups is 3. The van der Waals surface area contributed by atoms with Crippen LogP contribution >= 0.6 is 47.0 Å². The Labute approximate surface area is 235 Å². The van der Waals surface area contributed by atoms with Gasteiger partial charge in [0.1, 0.15) is 19.8 Å². The normalized spacial score (nSPS) is 16.3. The molecule has 0 bridgehead atoms. The summed E-state index contributed by atoms with van der Waals surface area (Å²) < 4.78 is 22.8. The van der Waals surface area contributed by atoms with Crippen LogP contribution in [0, 0.1) is 5.41 Å². The maximum absolute atomic E-state index is 12.5. The molecule has 36 heavy (non-hydrogen) atoms. The molecule has 0 saturated carbocycles. The Morgan fingerprint density at radius 3 is 1.22 bits per heavy atom. The van der Waals surface area contributed by atoms with E-state index < -0.39 is 5.41 Å². The van der Waals surface area contributed by atoms with Crippen molar-refractivity contribution in [3.8, 4) is 0 Å². The lowest BCUT2D eigenvalue weighted by Gasteiger charge is -2.32. The number of ether oxygens (including phenoxy) is 4. The van der Waals surface area contributed by atoms with E-state index in [-0.39, 0.29) is 79.3 Å². The Bertz CT molecular complexity index is 566. The van der Waals surface area contributed by atoms with Crippen molar-refractivity contribution in [1.82, 2.24) is 0 Å². The van der Waals surface area contributed by atoms with Crippen LogP contribution in [0.5, 0.6) is 0 Å². The molecule has 0 amide bonds. The molecule has 0 aromatic rings. The van der Waals surface area contributed by atoms with Crippen LogP contribution in [0.4, 0.5) is 0 Å². The van der Waals surface area contributed by atoms with E-state index in [4.69, 9.17) is 18.9 Å². The second-order valence-corrected chi connectivity index (χ2v) is 14.2. The van der Waals surface area contributed by atoms with Crippen LogP contribution in [0.2, 0.25) is 0 Å². The summed E-state index contributed by atoms with van der Waals surface area (Å²) in [5, 5.41) is 0.788. The molecule has 0 aliphatic carbocycles. The lowest BCUT2D eigenvalue weighted by molar-refractivity contribution is -0.167. The first-order valence-corrected chi connectivity index (χ1v) is 17.3. The minimum absolute atomic E-state index is 0.0677. The maximum Gasteiger partial charge on any atom is 0.306 e. The first kappa shape index (κ1) is 35.8. The Balaban J connectivity index is 5.56. The number of rotatable bonds is 21. The van der Waals surface area contributed by atoms with E-state index in [0.29, 0.717) is 11.9 Å². The van der Waals surface area contributed by atoms with Crippen LogP contribution in [0.15, 0.2) is 0 Å². The van der Waals surface area contributed by atoms with E-state index >= 15 is 0 Å². The first-order chi connectivity index (χ1) is 17.0. The molecule has 0 saturated heterocycles. The van der Waals surface area contributed by atoms with Gasteiger partial charge < -0.3 is 18.9 Å². The summed E-state index contributed by atoms with van der Waals surface area (Å²) in [6.07, 6.45) is 9.51. The summed E-state index contributed by atoms with van der Waals surface area (Å²) in [5.74, 6) is -1.04. The molecule has 7 nitrogen and oxygen atoms in total. The van der Waals surface area contributed by atoms with Gasteiger partial charge in [-0.05, 0) is 31.4 Å². The van der Waals surface area contributed by atoms with Crippen molar-refractivity contribution < 1.29 is 33.3 Å². The van der Waals surface area contributed by atoms with Crippen molar-refractivity contribution in [1.29, 1.82) is 0 Å². The van der Waals surface area contributed by atoms with Crippen LogP contribution in [0.1, 0.15) is 53.4 Å². The molecular formula is C25H46O7S4. The largest absolute Gasteiger partial charge is 0.465 e. The van der Waals surface area contributed by atoms with Crippen molar-refractivity contribution in [3.05, 3.63) is 0 Å². The molecular weight excluding hydrogens is 541 g/mol. The van der Waals surface area contributed by atoms with E-state index in [1.807, 2.05) is 45.8 Å². The molecule has 4 unspecified atom stereocenters. The van der Waals surface area contributed by atoms with Crippen molar-refractivity contribution in [2.24, 2.45) is 5.41 Å². The second kappa shape index (κ2) is 20.7. The molecule has 0 fully saturated rings. The Morgan fingerprint density at radius 2 is 0.917 bits per heavy atom. The predicted octanol–water partition coefficient (Wildman–Crippen LogP) is 5.19. The Hall–Kier alpha value is -0.230. The smallest absolute Gasteiger partial charge is 0.306 e. The average molecular weight is 587 g/mol. The van der Waals surface area contributed by atoms with Gasteiger partial charge in [0.15, 0.2) is 0 Å². The zero-order valence-electron chi connectivity index (χ0n) is 23.2. The van der Waals surface area contributed by atoms with Gasteiger partial charge in [0.05, 0.1) is 31.3 Å². The molecule has 0 aromatic carbocycles. The Kier molecular flexibility index (Phi) is 20.6. The van der Waals surface area contributed by atoms with Crippen LogP contribution < -0.4 is 0 Å². The molecule has 212 valence electrons. The van der Waals surface area contributed by atoms with Gasteiger partial charge in [0, 0.05) is 27.6 Å². The number of hydrogen-bond donors (Lipinski definition) is 0. The Morgan fingerprint density at radius 1 is 0.583 bits per heavy atom. The molecule has 0 N–H and O–H groups in total. The highest BCUT2D eigenvalue weighted by molar-refractivity contribution is 7.99. The second-order valence-electron chi connectivity index (χ2n) is 9.12. The maximum atomic E-state index is 12.5. The van der Waals surface area contributed by atoms with Crippen molar-refractivity contribution in [2.45, 2.75) is 74.4 Å². The molecule has 0 spiro atoms. The number of hydrogen-bond acceptors (Lipinski definition) is 11. The third-order valence-electron chi connectivity index (χ3n) is 5.67. The van der Waals surface area contributed by atoms with Crippen LogP contribution in [-0.4, -0.2) is 97.0 Å². The highest BCUT2D eigenvalue weighted by Gasteiger charge is 2.37. The van der Waals surface area contributed by atoms with E-state index in [2.05, 4.69) is 6.92 Å². The van der Waals surface area contributed by atoms with Gasteiger partial charge in [0.25, 0.3) is 0 Å².